The zero-order chi connectivity index (χ0) is 15.1. The first kappa shape index (κ1) is 13.9. The Morgan fingerprint density at radius 1 is 0.909 bits per heavy atom. The number of rotatable bonds is 3. The summed E-state index contributed by atoms with van der Waals surface area (Å²) in [5.41, 5.74) is 5.43. The van der Waals surface area contributed by atoms with Gasteiger partial charge in [0, 0.05) is 38.1 Å². The van der Waals surface area contributed by atoms with Crippen molar-refractivity contribution in [2.24, 2.45) is 5.92 Å². The van der Waals surface area contributed by atoms with Gasteiger partial charge in [0.25, 0.3) is 0 Å². The van der Waals surface area contributed by atoms with E-state index in [1.807, 2.05) is 0 Å². The summed E-state index contributed by atoms with van der Waals surface area (Å²) < 4.78 is 0. The molecule has 1 saturated heterocycles. The molecule has 2 unspecified atom stereocenters. The summed E-state index contributed by atoms with van der Waals surface area (Å²) >= 11 is 0. The molecule has 3 heteroatoms. The predicted molar refractivity (Wildman–Crippen MR) is 86.7 cm³/mol. The molecule has 1 fully saturated rings. The first-order valence-corrected chi connectivity index (χ1v) is 7.97. The maximum Gasteiger partial charge on any atom is 0.0729 e. The summed E-state index contributed by atoms with van der Waals surface area (Å²) in [7, 11) is 0. The maximum absolute atomic E-state index is 10.0. The highest BCUT2D eigenvalue weighted by Crippen LogP contribution is 2.45. The van der Waals surface area contributed by atoms with Crippen LogP contribution in [0.4, 0.5) is 0 Å². The van der Waals surface area contributed by atoms with E-state index in [1.165, 1.54) is 22.3 Å². The van der Waals surface area contributed by atoms with Crippen LogP contribution in [0.5, 0.6) is 0 Å². The van der Waals surface area contributed by atoms with Crippen LogP contribution in [0.25, 0.3) is 11.1 Å². The van der Waals surface area contributed by atoms with Crippen LogP contribution < -0.4 is 0 Å². The van der Waals surface area contributed by atoms with Gasteiger partial charge in [0.2, 0.25) is 0 Å². The second-order valence-electron chi connectivity index (χ2n) is 6.46. The average molecular weight is 295 g/mol. The Bertz CT molecular complexity index is 639. The van der Waals surface area contributed by atoms with E-state index in [9.17, 15) is 10.2 Å². The molecule has 4 rings (SSSR count). The van der Waals surface area contributed by atoms with Crippen molar-refractivity contribution in [3.05, 3.63) is 59.7 Å². The molecule has 114 valence electrons. The van der Waals surface area contributed by atoms with Crippen molar-refractivity contribution >= 4 is 0 Å². The lowest BCUT2D eigenvalue weighted by molar-refractivity contribution is 0.103. The monoisotopic (exact) mass is 295 g/mol. The Balaban J connectivity index is 1.65. The molecule has 1 heterocycles. The lowest BCUT2D eigenvalue weighted by atomic mass is 9.96. The lowest BCUT2D eigenvalue weighted by Crippen LogP contribution is -2.27. The lowest BCUT2D eigenvalue weighted by Gasteiger charge is -2.22. The Labute approximate surface area is 130 Å². The summed E-state index contributed by atoms with van der Waals surface area (Å²) in [6.07, 6.45) is -0.406. The van der Waals surface area contributed by atoms with Crippen molar-refractivity contribution in [3.63, 3.8) is 0 Å². The second-order valence-corrected chi connectivity index (χ2v) is 6.46. The summed E-state index contributed by atoms with van der Waals surface area (Å²) in [4.78, 5) is 2.29. The molecule has 2 N–H and O–H groups in total. The molecule has 3 nitrogen and oxygen atoms in total. The minimum absolute atomic E-state index is 0.00751. The summed E-state index contributed by atoms with van der Waals surface area (Å²) in [6, 6.07) is 17.2. The minimum Gasteiger partial charge on any atom is -0.396 e. The number of aliphatic hydroxyl groups excluding tert-OH is 2. The topological polar surface area (TPSA) is 43.7 Å². The van der Waals surface area contributed by atoms with Gasteiger partial charge in [0.15, 0.2) is 0 Å². The van der Waals surface area contributed by atoms with E-state index >= 15 is 0 Å². The molecular weight excluding hydrogens is 274 g/mol. The molecule has 2 atom stereocenters. The fourth-order valence-electron chi connectivity index (χ4n) is 3.98. The molecule has 2 aromatic carbocycles. The molecule has 1 aliphatic carbocycles. The average Bonchev–Trinajstić information content (AvgIpc) is 3.07. The fourth-order valence-corrected chi connectivity index (χ4v) is 3.98. The van der Waals surface area contributed by atoms with E-state index in [0.717, 1.165) is 13.1 Å². The van der Waals surface area contributed by atoms with Gasteiger partial charge in [-0.3, -0.25) is 4.90 Å². The fraction of sp³-hybridized carbons (Fsp3) is 0.368. The van der Waals surface area contributed by atoms with Gasteiger partial charge in [0.05, 0.1) is 6.10 Å². The van der Waals surface area contributed by atoms with Crippen LogP contribution in [0.2, 0.25) is 0 Å². The number of β-amino-alcohol motifs (C(OH)–C–C–N with tert-alkyl or cyclic N) is 1. The molecule has 0 amide bonds. The van der Waals surface area contributed by atoms with Gasteiger partial charge in [-0.05, 0) is 22.3 Å². The number of hydrogen-bond acceptors (Lipinski definition) is 3. The van der Waals surface area contributed by atoms with Gasteiger partial charge >= 0.3 is 0 Å². The van der Waals surface area contributed by atoms with E-state index in [2.05, 4.69) is 53.4 Å². The maximum atomic E-state index is 10.0. The molecule has 0 radical (unpaired) electrons. The summed E-state index contributed by atoms with van der Waals surface area (Å²) in [5, 5.41) is 19.4. The van der Waals surface area contributed by atoms with E-state index < -0.39 is 6.10 Å². The van der Waals surface area contributed by atoms with Crippen LogP contribution in [0, 0.1) is 5.92 Å². The minimum atomic E-state index is -0.406. The molecule has 0 bridgehead atoms. The Hall–Kier alpha value is -1.68. The van der Waals surface area contributed by atoms with Crippen molar-refractivity contribution in [2.45, 2.75) is 12.0 Å². The third-order valence-electron chi connectivity index (χ3n) is 5.12. The van der Waals surface area contributed by atoms with Crippen LogP contribution in [0.3, 0.4) is 0 Å². The molecule has 0 aromatic heterocycles. The number of aliphatic hydroxyl groups is 2. The molecule has 2 aromatic rings. The zero-order valence-electron chi connectivity index (χ0n) is 12.5. The Morgan fingerprint density at radius 3 is 2.05 bits per heavy atom. The molecule has 0 spiro atoms. The van der Waals surface area contributed by atoms with Crippen molar-refractivity contribution in [3.8, 4) is 11.1 Å². The zero-order valence-corrected chi connectivity index (χ0v) is 12.5. The van der Waals surface area contributed by atoms with Crippen LogP contribution in [0.1, 0.15) is 17.0 Å². The Morgan fingerprint density at radius 2 is 1.50 bits per heavy atom. The number of fused-ring (bicyclic) bond motifs is 3. The van der Waals surface area contributed by atoms with E-state index in [4.69, 9.17) is 0 Å². The quantitative estimate of drug-likeness (QED) is 0.911. The standard InChI is InChI=1S/C19H21NO2/c21-12-13-9-20(11-19(13)22)10-18-16-7-3-1-5-14(16)15-6-2-4-8-17(15)18/h1-8,13,18-19,21-22H,9-12H2. The summed E-state index contributed by atoms with van der Waals surface area (Å²) in [6.45, 7) is 2.40. The number of benzene rings is 2. The van der Waals surface area contributed by atoms with E-state index in [1.54, 1.807) is 0 Å². The third kappa shape index (κ3) is 2.17. The highest BCUT2D eigenvalue weighted by Gasteiger charge is 2.35. The normalized spacial score (nSPS) is 24.5. The van der Waals surface area contributed by atoms with Gasteiger partial charge in [0.1, 0.15) is 0 Å². The predicted octanol–water partition coefficient (Wildman–Crippen LogP) is 2.08. The molecule has 0 saturated carbocycles. The highest BCUT2D eigenvalue weighted by molar-refractivity contribution is 5.78. The third-order valence-corrected chi connectivity index (χ3v) is 5.12. The second kappa shape index (κ2) is 5.51. The van der Waals surface area contributed by atoms with Crippen molar-refractivity contribution in [1.29, 1.82) is 0 Å². The molecule has 1 aliphatic heterocycles. The SMILES string of the molecule is OCC1CN(CC2c3ccccc3-c3ccccc32)CC1O. The van der Waals surface area contributed by atoms with Gasteiger partial charge in [-0.2, -0.15) is 0 Å². The first-order chi connectivity index (χ1) is 10.8. The molecule has 22 heavy (non-hydrogen) atoms. The highest BCUT2D eigenvalue weighted by atomic mass is 16.3. The van der Waals surface area contributed by atoms with Crippen molar-refractivity contribution < 1.29 is 10.2 Å². The molecule has 2 aliphatic rings. The van der Waals surface area contributed by atoms with E-state index in [0.29, 0.717) is 12.5 Å². The van der Waals surface area contributed by atoms with Crippen LogP contribution >= 0.6 is 0 Å². The number of likely N-dealkylation sites (tertiary alicyclic amines) is 1. The smallest absolute Gasteiger partial charge is 0.0729 e. The van der Waals surface area contributed by atoms with Crippen molar-refractivity contribution in [2.75, 3.05) is 26.2 Å². The van der Waals surface area contributed by atoms with E-state index in [-0.39, 0.29) is 12.5 Å². The van der Waals surface area contributed by atoms with Crippen LogP contribution in [0.15, 0.2) is 48.5 Å². The van der Waals surface area contributed by atoms with Crippen LogP contribution in [-0.2, 0) is 0 Å². The van der Waals surface area contributed by atoms with Gasteiger partial charge in [-0.25, -0.2) is 0 Å². The van der Waals surface area contributed by atoms with Gasteiger partial charge in [-0.15, -0.1) is 0 Å². The number of nitrogens with zero attached hydrogens (tertiary/aromatic N) is 1. The van der Waals surface area contributed by atoms with Gasteiger partial charge < -0.3 is 10.2 Å². The Kier molecular flexibility index (Phi) is 3.49. The summed E-state index contributed by atoms with van der Waals surface area (Å²) in [5.74, 6) is 0.351. The largest absolute Gasteiger partial charge is 0.396 e. The number of hydrogen-bond donors (Lipinski definition) is 2. The molecular formula is C19H21NO2. The first-order valence-electron chi connectivity index (χ1n) is 7.97. The van der Waals surface area contributed by atoms with Gasteiger partial charge in [-0.1, -0.05) is 48.5 Å². The van der Waals surface area contributed by atoms with Crippen molar-refractivity contribution in [1.82, 2.24) is 4.90 Å². The van der Waals surface area contributed by atoms with Crippen LogP contribution in [-0.4, -0.2) is 47.5 Å².